The van der Waals surface area contributed by atoms with Crippen molar-refractivity contribution in [3.8, 4) is 5.75 Å². The Bertz CT molecular complexity index is 911. The molecular weight excluding hydrogens is 354 g/mol. The number of fused-ring (bicyclic) bond motifs is 1. The highest BCUT2D eigenvalue weighted by molar-refractivity contribution is 7.92. The van der Waals surface area contributed by atoms with E-state index in [4.69, 9.17) is 4.74 Å². The second-order valence-electron chi connectivity index (χ2n) is 6.21. The number of benzene rings is 2. The molecule has 7 heteroatoms. The highest BCUT2D eigenvalue weighted by atomic mass is 32.2. The number of ether oxygens (including phenoxy) is 1. The minimum atomic E-state index is -3.82. The van der Waals surface area contributed by atoms with Gasteiger partial charge < -0.3 is 9.84 Å². The third-order valence-electron chi connectivity index (χ3n) is 4.84. The molecule has 0 spiro atoms. The van der Waals surface area contributed by atoms with Crippen molar-refractivity contribution in [2.24, 2.45) is 5.92 Å². The lowest BCUT2D eigenvalue weighted by molar-refractivity contribution is -0.142. The van der Waals surface area contributed by atoms with Gasteiger partial charge in [-0.3, -0.25) is 9.10 Å². The van der Waals surface area contributed by atoms with Crippen molar-refractivity contribution in [3.05, 3.63) is 54.1 Å². The Balaban J connectivity index is 2.17. The van der Waals surface area contributed by atoms with E-state index in [1.54, 1.807) is 43.3 Å². The van der Waals surface area contributed by atoms with Crippen LogP contribution in [0.5, 0.6) is 5.75 Å². The molecule has 6 nitrogen and oxygen atoms in total. The minimum Gasteiger partial charge on any atom is -0.495 e. The number of rotatable bonds is 6. The van der Waals surface area contributed by atoms with Crippen LogP contribution in [0.4, 0.5) is 5.69 Å². The van der Waals surface area contributed by atoms with Gasteiger partial charge in [0.1, 0.15) is 5.75 Å². The Morgan fingerprint density at radius 1 is 1.23 bits per heavy atom. The van der Waals surface area contributed by atoms with E-state index in [1.807, 2.05) is 0 Å². The maximum absolute atomic E-state index is 13.2. The van der Waals surface area contributed by atoms with Crippen molar-refractivity contribution >= 4 is 21.7 Å². The third-order valence-corrected chi connectivity index (χ3v) is 6.62. The van der Waals surface area contributed by atoms with Crippen molar-refractivity contribution in [2.75, 3.05) is 18.0 Å². The van der Waals surface area contributed by atoms with Crippen LogP contribution in [0.25, 0.3) is 0 Å². The Morgan fingerprint density at radius 3 is 2.50 bits per heavy atom. The number of aliphatic carboxylic acids is 1. The first-order valence-electron chi connectivity index (χ1n) is 8.39. The van der Waals surface area contributed by atoms with Gasteiger partial charge in [-0.05, 0) is 30.2 Å². The molecule has 0 bridgehead atoms. The molecule has 0 radical (unpaired) electrons. The first kappa shape index (κ1) is 18.3. The van der Waals surface area contributed by atoms with Gasteiger partial charge in [-0.1, -0.05) is 37.3 Å². The van der Waals surface area contributed by atoms with Crippen molar-refractivity contribution in [1.82, 2.24) is 0 Å². The zero-order valence-electron chi connectivity index (χ0n) is 14.6. The Hall–Kier alpha value is -2.54. The molecule has 0 saturated heterocycles. The molecule has 3 rings (SSSR count). The lowest BCUT2D eigenvalue weighted by Crippen LogP contribution is -2.32. The number of nitrogens with zero attached hydrogens (tertiary/aromatic N) is 1. The fraction of sp³-hybridized carbons (Fsp3) is 0.316. The third kappa shape index (κ3) is 2.92. The highest BCUT2D eigenvalue weighted by Crippen LogP contribution is 2.48. The largest absolute Gasteiger partial charge is 0.495 e. The molecular formula is C19H21NO5S. The van der Waals surface area contributed by atoms with E-state index in [0.29, 0.717) is 23.4 Å². The molecule has 0 amide bonds. The van der Waals surface area contributed by atoms with Crippen LogP contribution < -0.4 is 9.04 Å². The molecule has 2 unspecified atom stereocenters. The fourth-order valence-corrected chi connectivity index (χ4v) is 5.10. The predicted molar refractivity (Wildman–Crippen MR) is 98.1 cm³/mol. The predicted octanol–water partition coefficient (Wildman–Crippen LogP) is 3.10. The van der Waals surface area contributed by atoms with Gasteiger partial charge in [-0.25, -0.2) is 8.42 Å². The standard InChI is InChI=1S/C19H21NO5S/c1-3-14(19(21)22)16-12-20(18-15(16)10-7-11-17(18)25-2)26(23,24)13-8-5-4-6-9-13/h4-11,14,16H,3,12H2,1-2H3,(H,21,22). The van der Waals surface area contributed by atoms with E-state index in [9.17, 15) is 18.3 Å². The minimum absolute atomic E-state index is 0.0811. The Labute approximate surface area is 153 Å². The maximum atomic E-state index is 13.2. The van der Waals surface area contributed by atoms with Crippen molar-refractivity contribution in [3.63, 3.8) is 0 Å². The second-order valence-corrected chi connectivity index (χ2v) is 8.07. The summed E-state index contributed by atoms with van der Waals surface area (Å²) >= 11 is 0. The average Bonchev–Trinajstić information content (AvgIpc) is 3.03. The molecule has 1 heterocycles. The molecule has 0 saturated carbocycles. The number of hydrogen-bond donors (Lipinski definition) is 1. The second kappa shape index (κ2) is 6.99. The SMILES string of the molecule is CCC(C(=O)O)C1CN(S(=O)(=O)c2ccccc2)c2c(OC)cccc21. The number of carboxylic acid groups (broad SMARTS) is 1. The molecule has 0 aromatic heterocycles. The number of hydrogen-bond acceptors (Lipinski definition) is 4. The van der Waals surface area contributed by atoms with E-state index in [1.165, 1.54) is 23.5 Å². The van der Waals surface area contributed by atoms with Crippen LogP contribution in [-0.4, -0.2) is 33.1 Å². The zero-order valence-corrected chi connectivity index (χ0v) is 15.4. The number of anilines is 1. The monoisotopic (exact) mass is 375 g/mol. The lowest BCUT2D eigenvalue weighted by Gasteiger charge is -2.22. The van der Waals surface area contributed by atoms with Gasteiger partial charge in [-0.2, -0.15) is 0 Å². The Kier molecular flexibility index (Phi) is 4.91. The van der Waals surface area contributed by atoms with Gasteiger partial charge in [-0.15, -0.1) is 0 Å². The van der Waals surface area contributed by atoms with Gasteiger partial charge in [0.15, 0.2) is 0 Å². The summed E-state index contributed by atoms with van der Waals surface area (Å²) in [6.07, 6.45) is 0.413. The number of para-hydroxylation sites is 1. The van der Waals surface area contributed by atoms with Crippen molar-refractivity contribution in [2.45, 2.75) is 24.2 Å². The van der Waals surface area contributed by atoms with Crippen LogP contribution in [0.3, 0.4) is 0 Å². The molecule has 2 atom stereocenters. The van der Waals surface area contributed by atoms with Crippen LogP contribution in [0, 0.1) is 5.92 Å². The van der Waals surface area contributed by atoms with Crippen molar-refractivity contribution in [1.29, 1.82) is 0 Å². The van der Waals surface area contributed by atoms with Crippen molar-refractivity contribution < 1.29 is 23.1 Å². The van der Waals surface area contributed by atoms with Crippen LogP contribution >= 0.6 is 0 Å². The molecule has 1 N–H and O–H groups in total. The molecule has 0 fully saturated rings. The summed E-state index contributed by atoms with van der Waals surface area (Å²) in [4.78, 5) is 11.9. The molecule has 2 aromatic carbocycles. The molecule has 26 heavy (non-hydrogen) atoms. The summed E-state index contributed by atoms with van der Waals surface area (Å²) in [6.45, 7) is 1.88. The van der Waals surface area contributed by atoms with E-state index in [-0.39, 0.29) is 11.4 Å². The first-order chi connectivity index (χ1) is 12.4. The summed E-state index contributed by atoms with van der Waals surface area (Å²) in [5, 5.41) is 9.59. The molecule has 1 aliphatic heterocycles. The van der Waals surface area contributed by atoms with Crippen LogP contribution in [0.15, 0.2) is 53.4 Å². The normalized spacial score (nSPS) is 17.6. The van der Waals surface area contributed by atoms with Gasteiger partial charge in [0.25, 0.3) is 10.0 Å². The van der Waals surface area contributed by atoms with Crippen LogP contribution in [0.2, 0.25) is 0 Å². The maximum Gasteiger partial charge on any atom is 0.307 e. The smallest absolute Gasteiger partial charge is 0.307 e. The molecule has 138 valence electrons. The van der Waals surface area contributed by atoms with Gasteiger partial charge in [0, 0.05) is 12.5 Å². The van der Waals surface area contributed by atoms with Gasteiger partial charge in [0.05, 0.1) is 23.6 Å². The number of methoxy groups -OCH3 is 1. The summed E-state index contributed by atoms with van der Waals surface area (Å²) in [5.41, 5.74) is 1.13. The van der Waals surface area contributed by atoms with Crippen LogP contribution in [-0.2, 0) is 14.8 Å². The van der Waals surface area contributed by atoms with E-state index in [0.717, 1.165) is 0 Å². The van der Waals surface area contributed by atoms with E-state index >= 15 is 0 Å². The highest BCUT2D eigenvalue weighted by Gasteiger charge is 2.43. The number of carbonyl (C=O) groups is 1. The first-order valence-corrected chi connectivity index (χ1v) is 9.83. The number of sulfonamides is 1. The molecule has 1 aliphatic rings. The van der Waals surface area contributed by atoms with Crippen LogP contribution in [0.1, 0.15) is 24.8 Å². The fourth-order valence-electron chi connectivity index (χ4n) is 3.55. The van der Waals surface area contributed by atoms with E-state index in [2.05, 4.69) is 0 Å². The summed E-state index contributed by atoms with van der Waals surface area (Å²) in [6, 6.07) is 13.4. The lowest BCUT2D eigenvalue weighted by atomic mass is 9.86. The topological polar surface area (TPSA) is 83.9 Å². The Morgan fingerprint density at radius 2 is 1.92 bits per heavy atom. The molecule has 2 aromatic rings. The summed E-state index contributed by atoms with van der Waals surface area (Å²) < 4.78 is 33.1. The van der Waals surface area contributed by atoms with Gasteiger partial charge in [0.2, 0.25) is 0 Å². The number of carboxylic acids is 1. The summed E-state index contributed by atoms with van der Waals surface area (Å²) in [7, 11) is -2.35. The van der Waals surface area contributed by atoms with Gasteiger partial charge >= 0.3 is 5.97 Å². The molecule has 0 aliphatic carbocycles. The quantitative estimate of drug-likeness (QED) is 0.839. The average molecular weight is 375 g/mol. The van der Waals surface area contributed by atoms with E-state index < -0.39 is 27.8 Å². The summed E-state index contributed by atoms with van der Waals surface area (Å²) in [5.74, 6) is -1.60. The zero-order chi connectivity index (χ0) is 18.9.